The van der Waals surface area contributed by atoms with E-state index in [4.69, 9.17) is 0 Å². The summed E-state index contributed by atoms with van der Waals surface area (Å²) in [7, 11) is 0. The van der Waals surface area contributed by atoms with E-state index in [0.717, 1.165) is 18.6 Å². The highest BCUT2D eigenvalue weighted by atomic mass is 15.1. The minimum absolute atomic E-state index is 1.03. The van der Waals surface area contributed by atoms with Crippen LogP contribution in [0.2, 0.25) is 0 Å². The second-order valence-electron chi connectivity index (χ2n) is 4.45. The Kier molecular flexibility index (Phi) is 2.67. The summed E-state index contributed by atoms with van der Waals surface area (Å²) in [6, 6.07) is 8.67. The van der Waals surface area contributed by atoms with Crippen molar-refractivity contribution in [2.45, 2.75) is 13.8 Å². The molecule has 0 amide bonds. The predicted molar refractivity (Wildman–Crippen MR) is 77.2 cm³/mol. The van der Waals surface area contributed by atoms with E-state index in [2.05, 4.69) is 53.0 Å². The molecule has 0 fully saturated rings. The van der Waals surface area contributed by atoms with Gasteiger partial charge in [-0.25, -0.2) is 0 Å². The first-order chi connectivity index (χ1) is 8.83. The highest BCUT2D eigenvalue weighted by Crippen LogP contribution is 2.28. The van der Waals surface area contributed by atoms with Crippen molar-refractivity contribution >= 4 is 27.5 Å². The lowest BCUT2D eigenvalue weighted by Crippen LogP contribution is -2.21. The molecule has 0 spiro atoms. The van der Waals surface area contributed by atoms with Gasteiger partial charge in [-0.15, -0.1) is 0 Å². The van der Waals surface area contributed by atoms with Gasteiger partial charge in [0.1, 0.15) is 0 Å². The fourth-order valence-electron chi connectivity index (χ4n) is 2.52. The Labute approximate surface area is 106 Å². The molecular formula is C15H17N3. The zero-order valence-electron chi connectivity index (χ0n) is 10.8. The van der Waals surface area contributed by atoms with Crippen molar-refractivity contribution in [3.8, 4) is 0 Å². The molecule has 3 nitrogen and oxygen atoms in total. The van der Waals surface area contributed by atoms with Crippen molar-refractivity contribution in [3.63, 3.8) is 0 Å². The number of rotatable bonds is 3. The molecule has 2 aromatic heterocycles. The number of aromatic amines is 1. The van der Waals surface area contributed by atoms with Crippen molar-refractivity contribution in [1.29, 1.82) is 0 Å². The molecule has 0 radical (unpaired) electrons. The van der Waals surface area contributed by atoms with Gasteiger partial charge >= 0.3 is 0 Å². The molecule has 1 aromatic carbocycles. The van der Waals surface area contributed by atoms with Gasteiger partial charge in [0.05, 0.1) is 11.7 Å². The second kappa shape index (κ2) is 4.33. The Morgan fingerprint density at radius 1 is 1.06 bits per heavy atom. The van der Waals surface area contributed by atoms with E-state index in [1.165, 1.54) is 22.0 Å². The van der Waals surface area contributed by atoms with Gasteiger partial charge in [-0.05, 0) is 38.1 Å². The largest absolute Gasteiger partial charge is 0.372 e. The predicted octanol–water partition coefficient (Wildman–Crippen LogP) is 3.56. The van der Waals surface area contributed by atoms with E-state index in [1.54, 1.807) is 0 Å². The van der Waals surface area contributed by atoms with E-state index in [9.17, 15) is 0 Å². The molecule has 0 saturated carbocycles. The van der Waals surface area contributed by atoms with Crippen molar-refractivity contribution < 1.29 is 0 Å². The van der Waals surface area contributed by atoms with Crippen LogP contribution in [0, 0.1) is 0 Å². The van der Waals surface area contributed by atoms with Crippen LogP contribution in [0.4, 0.5) is 5.69 Å². The van der Waals surface area contributed by atoms with Gasteiger partial charge < -0.3 is 9.88 Å². The molecule has 3 rings (SSSR count). The molecule has 3 heteroatoms. The summed E-state index contributed by atoms with van der Waals surface area (Å²) in [5.74, 6) is 0. The highest BCUT2D eigenvalue weighted by Gasteiger charge is 2.07. The van der Waals surface area contributed by atoms with Crippen molar-refractivity contribution in [1.82, 2.24) is 9.97 Å². The molecule has 0 aliphatic heterocycles. The summed E-state index contributed by atoms with van der Waals surface area (Å²) in [4.78, 5) is 9.92. The van der Waals surface area contributed by atoms with E-state index < -0.39 is 0 Å². The number of benzene rings is 1. The number of anilines is 1. The van der Waals surface area contributed by atoms with Gasteiger partial charge in [-0.3, -0.25) is 4.98 Å². The first-order valence-electron chi connectivity index (χ1n) is 6.44. The molecule has 0 unspecified atom stereocenters. The third kappa shape index (κ3) is 1.63. The third-order valence-corrected chi connectivity index (χ3v) is 3.51. The second-order valence-corrected chi connectivity index (χ2v) is 4.45. The first kappa shape index (κ1) is 11.1. The summed E-state index contributed by atoms with van der Waals surface area (Å²) < 4.78 is 0. The number of hydrogen-bond donors (Lipinski definition) is 1. The Morgan fingerprint density at radius 3 is 2.67 bits per heavy atom. The summed E-state index contributed by atoms with van der Waals surface area (Å²) >= 11 is 0. The molecule has 0 aliphatic carbocycles. The molecule has 0 saturated heterocycles. The SMILES string of the molecule is CCN(CC)c1ccc2[nH]c3cnccc3c2c1. The number of H-pyrrole nitrogens is 1. The Balaban J connectivity index is 2.24. The molecule has 0 atom stereocenters. The Bertz CT molecular complexity index is 680. The van der Waals surface area contributed by atoms with Crippen molar-refractivity contribution in [3.05, 3.63) is 36.7 Å². The third-order valence-electron chi connectivity index (χ3n) is 3.51. The van der Waals surface area contributed by atoms with Crippen LogP contribution in [0.1, 0.15) is 13.8 Å². The van der Waals surface area contributed by atoms with Crippen LogP contribution in [-0.2, 0) is 0 Å². The minimum atomic E-state index is 1.03. The van der Waals surface area contributed by atoms with Gasteiger partial charge in [0, 0.05) is 41.3 Å². The Morgan fingerprint density at radius 2 is 1.89 bits per heavy atom. The summed E-state index contributed by atoms with van der Waals surface area (Å²) in [5.41, 5.74) is 3.56. The van der Waals surface area contributed by atoms with Gasteiger partial charge in [0.2, 0.25) is 0 Å². The molecular weight excluding hydrogens is 222 g/mol. The van der Waals surface area contributed by atoms with Crippen molar-refractivity contribution in [2.75, 3.05) is 18.0 Å². The first-order valence-corrected chi connectivity index (χ1v) is 6.44. The molecule has 3 aromatic rings. The monoisotopic (exact) mass is 239 g/mol. The van der Waals surface area contributed by atoms with Gasteiger partial charge in [-0.2, -0.15) is 0 Å². The average Bonchev–Trinajstić information content (AvgIpc) is 2.78. The molecule has 2 heterocycles. The standard InChI is InChI=1S/C15H17N3/c1-3-18(4-2)11-5-6-14-13(9-11)12-7-8-16-10-15(12)17-14/h5-10,17H,3-4H2,1-2H3. The molecule has 0 aliphatic rings. The fourth-order valence-corrected chi connectivity index (χ4v) is 2.52. The zero-order valence-corrected chi connectivity index (χ0v) is 10.8. The van der Waals surface area contributed by atoms with E-state index in [0.29, 0.717) is 0 Å². The number of nitrogens with zero attached hydrogens (tertiary/aromatic N) is 2. The van der Waals surface area contributed by atoms with Crippen LogP contribution in [0.3, 0.4) is 0 Å². The maximum Gasteiger partial charge on any atom is 0.0651 e. The van der Waals surface area contributed by atoms with Crippen LogP contribution in [0.25, 0.3) is 21.8 Å². The van der Waals surface area contributed by atoms with E-state index in [1.807, 2.05) is 12.4 Å². The lowest BCUT2D eigenvalue weighted by Gasteiger charge is -2.20. The summed E-state index contributed by atoms with van der Waals surface area (Å²) in [5, 5.41) is 2.52. The van der Waals surface area contributed by atoms with Gasteiger partial charge in [-0.1, -0.05) is 0 Å². The van der Waals surface area contributed by atoms with Gasteiger partial charge in [0.25, 0.3) is 0 Å². The maximum absolute atomic E-state index is 4.16. The summed E-state index contributed by atoms with van der Waals surface area (Å²) in [6.07, 6.45) is 3.73. The molecule has 0 bridgehead atoms. The van der Waals surface area contributed by atoms with Gasteiger partial charge in [0.15, 0.2) is 0 Å². The average molecular weight is 239 g/mol. The highest BCUT2D eigenvalue weighted by molar-refractivity contribution is 6.07. The van der Waals surface area contributed by atoms with E-state index >= 15 is 0 Å². The van der Waals surface area contributed by atoms with Crippen LogP contribution < -0.4 is 4.90 Å². The van der Waals surface area contributed by atoms with Crippen LogP contribution in [0.5, 0.6) is 0 Å². The normalized spacial score (nSPS) is 11.2. The lowest BCUT2D eigenvalue weighted by molar-refractivity contribution is 0.867. The number of hydrogen-bond acceptors (Lipinski definition) is 2. The Hall–Kier alpha value is -2.03. The summed E-state index contributed by atoms with van der Waals surface area (Å²) in [6.45, 7) is 6.44. The van der Waals surface area contributed by atoms with Crippen LogP contribution >= 0.6 is 0 Å². The maximum atomic E-state index is 4.16. The smallest absolute Gasteiger partial charge is 0.0651 e. The van der Waals surface area contributed by atoms with Crippen molar-refractivity contribution in [2.24, 2.45) is 0 Å². The fraction of sp³-hybridized carbons (Fsp3) is 0.267. The minimum Gasteiger partial charge on any atom is -0.372 e. The quantitative estimate of drug-likeness (QED) is 0.757. The number of fused-ring (bicyclic) bond motifs is 3. The van der Waals surface area contributed by atoms with Crippen LogP contribution in [-0.4, -0.2) is 23.1 Å². The van der Waals surface area contributed by atoms with E-state index in [-0.39, 0.29) is 0 Å². The van der Waals surface area contributed by atoms with Crippen LogP contribution in [0.15, 0.2) is 36.7 Å². The molecule has 18 heavy (non-hydrogen) atoms. The lowest BCUT2D eigenvalue weighted by atomic mass is 10.1. The number of pyridine rings is 1. The topological polar surface area (TPSA) is 31.9 Å². The number of aromatic nitrogens is 2. The zero-order chi connectivity index (χ0) is 12.5. The molecule has 1 N–H and O–H groups in total. The molecule has 92 valence electrons. The number of nitrogens with one attached hydrogen (secondary N) is 1.